The van der Waals surface area contributed by atoms with E-state index >= 15 is 0 Å². The first-order chi connectivity index (χ1) is 26.6. The fourth-order valence-corrected chi connectivity index (χ4v) is 7.11. The number of nitriles is 4. The van der Waals surface area contributed by atoms with Crippen molar-refractivity contribution in [2.24, 2.45) is 9.98 Å². The summed E-state index contributed by atoms with van der Waals surface area (Å²) in [4.78, 5) is 11.7. The van der Waals surface area contributed by atoms with Crippen LogP contribution in [0.2, 0.25) is 0 Å². The number of benzene rings is 6. The van der Waals surface area contributed by atoms with Crippen LogP contribution in [0.25, 0.3) is 0 Å². The minimum absolute atomic E-state index is 0.256. The molecule has 0 radical (unpaired) electrons. The van der Waals surface area contributed by atoms with E-state index in [0.717, 1.165) is 43.8 Å². The van der Waals surface area contributed by atoms with Crippen molar-refractivity contribution in [2.45, 2.75) is 9.79 Å². The van der Waals surface area contributed by atoms with Crippen LogP contribution in [0.4, 0.5) is 11.4 Å². The molecule has 0 aliphatic rings. The third-order valence-electron chi connectivity index (χ3n) is 7.77. The summed E-state index contributed by atoms with van der Waals surface area (Å²) in [6.45, 7) is 0. The third kappa shape index (κ3) is 9.42. The van der Waals surface area contributed by atoms with Gasteiger partial charge in [0.05, 0.1) is 33.6 Å². The zero-order valence-corrected chi connectivity index (χ0v) is 30.2. The Balaban J connectivity index is 1.09. The predicted molar refractivity (Wildman–Crippen MR) is 214 cm³/mol. The van der Waals surface area contributed by atoms with Gasteiger partial charge in [0.2, 0.25) is 0 Å². The minimum atomic E-state index is 0.256. The quantitative estimate of drug-likeness (QED) is 0.0648. The fraction of sp³-hybridized carbons (Fsp3) is 0.0455. The standard InChI is InChI=1S/C44H28N6O2S2/c45-25-31-17-19-37(23-35(31)27-47)51-41-13-5-1-9-33(41)29-49-39-11-3-7-15-43(39)53-21-22-54-44-16-8-4-12-40(44)50-30-34-10-2-6-14-42(34)52-38-20-18-32(26-46)36(24-38)28-48/h1-20,23-24,29-30H,21-22H2. The maximum Gasteiger partial charge on any atom is 0.136 e. The number of hydrogen-bond donors (Lipinski definition) is 0. The molecule has 0 saturated carbocycles. The van der Waals surface area contributed by atoms with Crippen LogP contribution in [-0.2, 0) is 0 Å². The van der Waals surface area contributed by atoms with Gasteiger partial charge in [-0.05, 0) is 84.9 Å². The Hall–Kier alpha value is -7.08. The van der Waals surface area contributed by atoms with Gasteiger partial charge in [0.1, 0.15) is 47.3 Å². The Morgan fingerprint density at radius 2 is 0.852 bits per heavy atom. The Labute approximate surface area is 321 Å². The first-order valence-corrected chi connectivity index (χ1v) is 18.5. The molecule has 0 amide bonds. The van der Waals surface area contributed by atoms with E-state index in [9.17, 15) is 21.0 Å². The second kappa shape index (κ2) is 18.4. The topological polar surface area (TPSA) is 138 Å². The van der Waals surface area contributed by atoms with E-state index in [1.807, 2.05) is 109 Å². The summed E-state index contributed by atoms with van der Waals surface area (Å²) in [5.41, 5.74) is 4.32. The highest BCUT2D eigenvalue weighted by Gasteiger charge is 2.10. The van der Waals surface area contributed by atoms with Crippen molar-refractivity contribution in [1.82, 2.24) is 0 Å². The van der Waals surface area contributed by atoms with Crippen molar-refractivity contribution >= 4 is 47.3 Å². The Morgan fingerprint density at radius 1 is 0.463 bits per heavy atom. The van der Waals surface area contributed by atoms with Crippen LogP contribution < -0.4 is 9.47 Å². The highest BCUT2D eigenvalue weighted by molar-refractivity contribution is 8.03. The molecular weight excluding hydrogens is 709 g/mol. The molecule has 0 aliphatic carbocycles. The lowest BCUT2D eigenvalue weighted by Crippen LogP contribution is -1.92. The Kier molecular flexibility index (Phi) is 12.5. The van der Waals surface area contributed by atoms with E-state index < -0.39 is 0 Å². The van der Waals surface area contributed by atoms with Gasteiger partial charge in [-0.2, -0.15) is 21.0 Å². The molecule has 0 spiro atoms. The minimum Gasteiger partial charge on any atom is -0.457 e. The molecule has 6 rings (SSSR count). The van der Waals surface area contributed by atoms with Crippen LogP contribution in [0, 0.1) is 45.3 Å². The van der Waals surface area contributed by atoms with Crippen molar-refractivity contribution in [3.8, 4) is 47.3 Å². The summed E-state index contributed by atoms with van der Waals surface area (Å²) in [6.07, 6.45) is 3.54. The van der Waals surface area contributed by atoms with Gasteiger partial charge >= 0.3 is 0 Å². The van der Waals surface area contributed by atoms with Gasteiger partial charge in [-0.25, -0.2) is 0 Å². The molecule has 6 aromatic carbocycles. The lowest BCUT2D eigenvalue weighted by Gasteiger charge is -2.10. The molecular formula is C44H28N6O2S2. The average molecular weight is 737 g/mol. The van der Waals surface area contributed by atoms with Crippen LogP contribution >= 0.6 is 23.5 Å². The Bertz CT molecular complexity index is 2360. The molecule has 54 heavy (non-hydrogen) atoms. The summed E-state index contributed by atoms with van der Waals surface area (Å²) >= 11 is 3.45. The summed E-state index contributed by atoms with van der Waals surface area (Å²) in [6, 6.07) is 48.8. The van der Waals surface area contributed by atoms with Crippen LogP contribution in [0.3, 0.4) is 0 Å². The van der Waals surface area contributed by atoms with Crippen molar-refractivity contribution in [3.05, 3.63) is 167 Å². The number of ether oxygens (including phenoxy) is 2. The van der Waals surface area contributed by atoms with Crippen molar-refractivity contribution in [1.29, 1.82) is 21.0 Å². The Morgan fingerprint density at radius 3 is 1.28 bits per heavy atom. The van der Waals surface area contributed by atoms with E-state index in [4.69, 9.17) is 19.5 Å². The van der Waals surface area contributed by atoms with Crippen molar-refractivity contribution in [3.63, 3.8) is 0 Å². The smallest absolute Gasteiger partial charge is 0.136 e. The number of para-hydroxylation sites is 4. The van der Waals surface area contributed by atoms with Crippen molar-refractivity contribution in [2.75, 3.05) is 11.5 Å². The van der Waals surface area contributed by atoms with Gasteiger partial charge < -0.3 is 9.47 Å². The number of thioether (sulfide) groups is 2. The third-order valence-corrected chi connectivity index (χ3v) is 10.2. The van der Waals surface area contributed by atoms with E-state index in [1.54, 1.807) is 72.4 Å². The van der Waals surface area contributed by atoms with Gasteiger partial charge in [0, 0.05) is 44.9 Å². The summed E-state index contributed by atoms with van der Waals surface area (Å²) in [5, 5.41) is 37.3. The summed E-state index contributed by atoms with van der Waals surface area (Å²) in [5.74, 6) is 3.74. The molecule has 0 aromatic heterocycles. The molecule has 0 saturated heterocycles. The number of rotatable bonds is 13. The summed E-state index contributed by atoms with van der Waals surface area (Å²) in [7, 11) is 0. The maximum atomic E-state index is 9.41. The second-order valence-corrected chi connectivity index (χ2v) is 13.6. The molecule has 8 nitrogen and oxygen atoms in total. The van der Waals surface area contributed by atoms with Gasteiger partial charge in [0.15, 0.2) is 0 Å². The van der Waals surface area contributed by atoms with Crippen LogP contribution in [0.15, 0.2) is 153 Å². The SMILES string of the molecule is N#Cc1ccc(Oc2ccccc2C=Nc2ccccc2SCCSc2ccccc2N=Cc2ccccc2Oc2ccc(C#N)c(C#N)c2)cc1C#N. The number of nitrogens with zero attached hydrogens (tertiary/aromatic N) is 6. The lowest BCUT2D eigenvalue weighted by atomic mass is 10.1. The maximum absolute atomic E-state index is 9.41. The highest BCUT2D eigenvalue weighted by Crippen LogP contribution is 2.35. The lowest BCUT2D eigenvalue weighted by molar-refractivity contribution is 0.481. The normalized spacial score (nSPS) is 10.7. The zero-order valence-electron chi connectivity index (χ0n) is 28.6. The first-order valence-electron chi connectivity index (χ1n) is 16.5. The molecule has 6 aromatic rings. The highest BCUT2D eigenvalue weighted by atomic mass is 32.2. The molecule has 10 heteroatoms. The fourth-order valence-electron chi connectivity index (χ4n) is 5.12. The molecule has 258 valence electrons. The summed E-state index contributed by atoms with van der Waals surface area (Å²) < 4.78 is 12.2. The molecule has 0 N–H and O–H groups in total. The van der Waals surface area contributed by atoms with E-state index in [1.165, 1.54) is 0 Å². The predicted octanol–water partition coefficient (Wildman–Crippen LogP) is 11.1. The number of aliphatic imine (C=N–C) groups is 2. The van der Waals surface area contributed by atoms with Gasteiger partial charge in [-0.3, -0.25) is 9.98 Å². The van der Waals surface area contributed by atoms with Gasteiger partial charge in [0.25, 0.3) is 0 Å². The average Bonchev–Trinajstić information content (AvgIpc) is 3.22. The number of hydrogen-bond acceptors (Lipinski definition) is 10. The second-order valence-electron chi connectivity index (χ2n) is 11.3. The molecule has 0 heterocycles. The zero-order chi connectivity index (χ0) is 37.5. The molecule has 0 bridgehead atoms. The largest absolute Gasteiger partial charge is 0.457 e. The van der Waals surface area contributed by atoms with Crippen LogP contribution in [0.5, 0.6) is 23.0 Å². The van der Waals surface area contributed by atoms with Crippen LogP contribution in [0.1, 0.15) is 33.4 Å². The molecule has 0 fully saturated rings. The monoisotopic (exact) mass is 736 g/mol. The molecule has 0 unspecified atom stereocenters. The molecule has 0 atom stereocenters. The molecule has 0 aliphatic heterocycles. The van der Waals surface area contributed by atoms with E-state index in [2.05, 4.69) is 12.1 Å². The van der Waals surface area contributed by atoms with Gasteiger partial charge in [-0.1, -0.05) is 48.5 Å². The van der Waals surface area contributed by atoms with E-state index in [0.29, 0.717) is 34.1 Å². The first kappa shape index (κ1) is 36.7. The van der Waals surface area contributed by atoms with Crippen molar-refractivity contribution < 1.29 is 9.47 Å². The van der Waals surface area contributed by atoms with Crippen LogP contribution in [-0.4, -0.2) is 23.9 Å². The van der Waals surface area contributed by atoms with E-state index in [-0.39, 0.29) is 11.1 Å². The van der Waals surface area contributed by atoms with Gasteiger partial charge in [-0.15, -0.1) is 23.5 Å².